The summed E-state index contributed by atoms with van der Waals surface area (Å²) in [6, 6.07) is 16.3. The highest BCUT2D eigenvalue weighted by Crippen LogP contribution is 2.18. The zero-order valence-electron chi connectivity index (χ0n) is 16.5. The van der Waals surface area contributed by atoms with Crippen LogP contribution in [0.15, 0.2) is 54.6 Å². The van der Waals surface area contributed by atoms with Crippen LogP contribution in [0, 0.1) is 0 Å². The zero-order chi connectivity index (χ0) is 19.8. The SMILES string of the molecule is Cl.NC(CC(=O)Nc1ccc(NC(=O)N2CCCCCC2)cc1)c1ccccc1. The van der Waals surface area contributed by atoms with Crippen LogP contribution in [-0.2, 0) is 4.79 Å². The van der Waals surface area contributed by atoms with Crippen molar-refractivity contribution < 1.29 is 9.59 Å². The second kappa shape index (κ2) is 11.4. The lowest BCUT2D eigenvalue weighted by Gasteiger charge is -2.20. The summed E-state index contributed by atoms with van der Waals surface area (Å²) in [5.41, 5.74) is 8.43. The molecular formula is C22H29ClN4O2. The molecule has 29 heavy (non-hydrogen) atoms. The number of urea groups is 1. The van der Waals surface area contributed by atoms with Gasteiger partial charge < -0.3 is 21.3 Å². The number of nitrogens with one attached hydrogen (secondary N) is 2. The lowest BCUT2D eigenvalue weighted by Crippen LogP contribution is -2.35. The number of benzene rings is 2. The highest BCUT2D eigenvalue weighted by Gasteiger charge is 2.15. The predicted octanol–water partition coefficient (Wildman–Crippen LogP) is 4.54. The normalized spacial score (nSPS) is 14.9. The van der Waals surface area contributed by atoms with E-state index in [1.54, 1.807) is 24.3 Å². The lowest BCUT2D eigenvalue weighted by atomic mass is 10.0. The molecule has 6 nitrogen and oxygen atoms in total. The molecule has 0 spiro atoms. The third-order valence-electron chi connectivity index (χ3n) is 4.95. The summed E-state index contributed by atoms with van der Waals surface area (Å²) in [4.78, 5) is 26.5. The van der Waals surface area contributed by atoms with Crippen LogP contribution < -0.4 is 16.4 Å². The summed E-state index contributed by atoms with van der Waals surface area (Å²) in [7, 11) is 0. The molecule has 0 saturated carbocycles. The maximum atomic E-state index is 12.4. The minimum Gasteiger partial charge on any atom is -0.326 e. The summed E-state index contributed by atoms with van der Waals surface area (Å²) >= 11 is 0. The van der Waals surface area contributed by atoms with Crippen molar-refractivity contribution in [3.63, 3.8) is 0 Å². The average Bonchev–Trinajstić information content (AvgIpc) is 3.00. The molecule has 2 aromatic carbocycles. The molecule has 7 heteroatoms. The number of hydrogen-bond donors (Lipinski definition) is 3. The van der Waals surface area contributed by atoms with Crippen molar-refractivity contribution in [3.8, 4) is 0 Å². The summed E-state index contributed by atoms with van der Waals surface area (Å²) in [6.07, 6.45) is 4.70. The number of rotatable bonds is 5. The molecule has 4 N–H and O–H groups in total. The maximum Gasteiger partial charge on any atom is 0.321 e. The van der Waals surface area contributed by atoms with Crippen molar-refractivity contribution in [2.45, 2.75) is 38.1 Å². The van der Waals surface area contributed by atoms with Crippen molar-refractivity contribution in [1.82, 2.24) is 4.90 Å². The van der Waals surface area contributed by atoms with Crippen LogP contribution in [0.3, 0.4) is 0 Å². The summed E-state index contributed by atoms with van der Waals surface area (Å²) < 4.78 is 0. The number of carbonyl (C=O) groups excluding carboxylic acids is 2. The Morgan fingerprint density at radius 1 is 0.862 bits per heavy atom. The van der Waals surface area contributed by atoms with E-state index in [9.17, 15) is 9.59 Å². The molecule has 0 radical (unpaired) electrons. The summed E-state index contributed by atoms with van der Waals surface area (Å²) in [5, 5.41) is 5.78. The van der Waals surface area contributed by atoms with Gasteiger partial charge in [-0.25, -0.2) is 4.79 Å². The van der Waals surface area contributed by atoms with E-state index in [2.05, 4.69) is 10.6 Å². The number of anilines is 2. The largest absolute Gasteiger partial charge is 0.326 e. The first kappa shape index (κ1) is 22.7. The molecule has 0 aliphatic carbocycles. The number of carbonyl (C=O) groups is 2. The molecule has 1 fully saturated rings. The second-order valence-electron chi connectivity index (χ2n) is 7.18. The molecule has 0 bridgehead atoms. The van der Waals surface area contributed by atoms with Crippen LogP contribution in [0.25, 0.3) is 0 Å². The molecule has 1 saturated heterocycles. The van der Waals surface area contributed by atoms with Crippen LogP contribution in [0.5, 0.6) is 0 Å². The summed E-state index contributed by atoms with van der Waals surface area (Å²) in [5.74, 6) is -0.141. The van der Waals surface area contributed by atoms with Crippen molar-refractivity contribution in [3.05, 3.63) is 60.2 Å². The number of nitrogens with two attached hydrogens (primary N) is 1. The number of amides is 3. The Morgan fingerprint density at radius 3 is 2.00 bits per heavy atom. The van der Waals surface area contributed by atoms with Crippen molar-refractivity contribution in [1.29, 1.82) is 0 Å². The van der Waals surface area contributed by atoms with Gasteiger partial charge in [-0.05, 0) is 42.7 Å². The standard InChI is InChI=1S/C22H28N4O2.ClH/c23-20(17-8-4-3-5-9-17)16-21(27)24-18-10-12-19(13-11-18)25-22(28)26-14-6-1-2-7-15-26;/h3-5,8-13,20H,1-2,6-7,14-16,23H2,(H,24,27)(H,25,28);1H. The van der Waals surface area contributed by atoms with E-state index in [-0.39, 0.29) is 36.8 Å². The Balaban J connectivity index is 0.00000300. The minimum atomic E-state index is -0.339. The highest BCUT2D eigenvalue weighted by atomic mass is 35.5. The molecule has 0 aromatic heterocycles. The van der Waals surface area contributed by atoms with Gasteiger partial charge in [0.15, 0.2) is 0 Å². The maximum absolute atomic E-state index is 12.4. The van der Waals surface area contributed by atoms with Gasteiger partial charge in [0, 0.05) is 36.9 Å². The van der Waals surface area contributed by atoms with Gasteiger partial charge in [0.2, 0.25) is 5.91 Å². The van der Waals surface area contributed by atoms with E-state index in [1.165, 1.54) is 12.8 Å². The Kier molecular flexibility index (Phi) is 8.96. The molecule has 1 aliphatic rings. The monoisotopic (exact) mass is 416 g/mol. The van der Waals surface area contributed by atoms with E-state index >= 15 is 0 Å². The Morgan fingerprint density at radius 2 is 1.41 bits per heavy atom. The number of likely N-dealkylation sites (tertiary alicyclic amines) is 1. The van der Waals surface area contributed by atoms with E-state index < -0.39 is 0 Å². The van der Waals surface area contributed by atoms with Crippen LogP contribution in [0.4, 0.5) is 16.2 Å². The molecule has 3 amide bonds. The zero-order valence-corrected chi connectivity index (χ0v) is 17.3. The van der Waals surface area contributed by atoms with Crippen molar-refractivity contribution >= 4 is 35.7 Å². The number of hydrogen-bond acceptors (Lipinski definition) is 3. The number of halogens is 1. The predicted molar refractivity (Wildman–Crippen MR) is 119 cm³/mol. The van der Waals surface area contributed by atoms with Crippen LogP contribution >= 0.6 is 12.4 Å². The van der Waals surface area contributed by atoms with E-state index in [0.29, 0.717) is 11.4 Å². The number of nitrogens with zero attached hydrogens (tertiary/aromatic N) is 1. The molecule has 1 atom stereocenters. The second-order valence-corrected chi connectivity index (χ2v) is 7.18. The van der Waals surface area contributed by atoms with Gasteiger partial charge in [-0.15, -0.1) is 12.4 Å². The first-order valence-corrected chi connectivity index (χ1v) is 9.88. The fourth-order valence-corrected chi connectivity index (χ4v) is 3.34. The Hall–Kier alpha value is -2.57. The van der Waals surface area contributed by atoms with Gasteiger partial charge in [0.25, 0.3) is 0 Å². The topological polar surface area (TPSA) is 87.5 Å². The van der Waals surface area contributed by atoms with Crippen molar-refractivity contribution in [2.24, 2.45) is 5.73 Å². The molecule has 3 rings (SSSR count). The quantitative estimate of drug-likeness (QED) is 0.668. The average molecular weight is 417 g/mol. The van der Waals surface area contributed by atoms with Gasteiger partial charge in [0.05, 0.1) is 0 Å². The van der Waals surface area contributed by atoms with Gasteiger partial charge in [-0.2, -0.15) is 0 Å². The third kappa shape index (κ3) is 7.07. The van der Waals surface area contributed by atoms with Crippen molar-refractivity contribution in [2.75, 3.05) is 23.7 Å². The van der Waals surface area contributed by atoms with E-state index in [1.807, 2.05) is 35.2 Å². The van der Waals surface area contributed by atoms with Gasteiger partial charge in [-0.3, -0.25) is 4.79 Å². The minimum absolute atomic E-state index is 0. The Labute approximate surface area is 178 Å². The van der Waals surface area contributed by atoms with Crippen LogP contribution in [0.1, 0.15) is 43.7 Å². The molecule has 2 aromatic rings. The first-order chi connectivity index (χ1) is 13.6. The molecule has 156 valence electrons. The van der Waals surface area contributed by atoms with Crippen LogP contribution in [-0.4, -0.2) is 29.9 Å². The third-order valence-corrected chi connectivity index (χ3v) is 4.95. The lowest BCUT2D eigenvalue weighted by molar-refractivity contribution is -0.116. The Bertz CT molecular complexity index is 775. The summed E-state index contributed by atoms with van der Waals surface area (Å²) in [6.45, 7) is 1.61. The highest BCUT2D eigenvalue weighted by molar-refractivity contribution is 5.92. The molecule has 1 heterocycles. The molecular weight excluding hydrogens is 388 g/mol. The van der Waals surface area contributed by atoms with Gasteiger partial charge >= 0.3 is 6.03 Å². The molecule has 1 unspecified atom stereocenters. The van der Waals surface area contributed by atoms with Gasteiger partial charge in [-0.1, -0.05) is 43.2 Å². The van der Waals surface area contributed by atoms with Gasteiger partial charge in [0.1, 0.15) is 0 Å². The first-order valence-electron chi connectivity index (χ1n) is 9.88. The fraction of sp³-hybridized carbons (Fsp3) is 0.364. The molecule has 1 aliphatic heterocycles. The van der Waals surface area contributed by atoms with Crippen LogP contribution in [0.2, 0.25) is 0 Å². The van der Waals surface area contributed by atoms with E-state index in [4.69, 9.17) is 5.73 Å². The fourth-order valence-electron chi connectivity index (χ4n) is 3.34. The smallest absolute Gasteiger partial charge is 0.321 e. The van der Waals surface area contributed by atoms with E-state index in [0.717, 1.165) is 31.5 Å².